The minimum absolute atomic E-state index is 0.160. The summed E-state index contributed by atoms with van der Waals surface area (Å²) in [4.78, 5) is 8.38. The number of halogens is 1. The molecule has 1 rings (SSSR count). The molecule has 76 valence electrons. The Kier molecular flexibility index (Phi) is 3.26. The van der Waals surface area contributed by atoms with Gasteiger partial charge in [-0.1, -0.05) is 0 Å². The molecule has 0 saturated heterocycles. The summed E-state index contributed by atoms with van der Waals surface area (Å²) in [6, 6.07) is 1.90. The van der Waals surface area contributed by atoms with Gasteiger partial charge in [0, 0.05) is 22.4 Å². The van der Waals surface area contributed by atoms with Crippen molar-refractivity contribution in [2.24, 2.45) is 10.7 Å². The summed E-state index contributed by atoms with van der Waals surface area (Å²) in [6.45, 7) is 6.02. The maximum Gasteiger partial charge on any atom is 0.127 e. The molecule has 3 nitrogen and oxygen atoms in total. The molecule has 1 aromatic heterocycles. The average molecular weight is 256 g/mol. The van der Waals surface area contributed by atoms with Crippen molar-refractivity contribution < 1.29 is 0 Å². The Balaban J connectivity index is 3.01. The number of rotatable bonds is 1. The Morgan fingerprint density at radius 1 is 1.43 bits per heavy atom. The summed E-state index contributed by atoms with van der Waals surface area (Å²) in [7, 11) is 0. The fraction of sp³-hybridized carbons (Fsp3) is 0.400. The summed E-state index contributed by atoms with van der Waals surface area (Å²) in [6.07, 6.45) is 3.42. The molecule has 0 radical (unpaired) electrons. The molecular formula is C10H14BrN3. The lowest BCUT2D eigenvalue weighted by Crippen LogP contribution is -2.21. The number of aliphatic imine (C=N–C) groups is 1. The van der Waals surface area contributed by atoms with Gasteiger partial charge in [0.1, 0.15) is 5.84 Å². The van der Waals surface area contributed by atoms with E-state index in [0.717, 1.165) is 10.0 Å². The van der Waals surface area contributed by atoms with Gasteiger partial charge in [0.2, 0.25) is 0 Å². The van der Waals surface area contributed by atoms with Gasteiger partial charge in [-0.25, -0.2) is 0 Å². The van der Waals surface area contributed by atoms with Crippen LogP contribution in [0.4, 0.5) is 0 Å². The van der Waals surface area contributed by atoms with Crippen LogP contribution in [0, 0.1) is 0 Å². The predicted octanol–water partition coefficient (Wildman–Crippen LogP) is 2.35. The maximum atomic E-state index is 5.84. The van der Waals surface area contributed by atoms with Crippen LogP contribution < -0.4 is 5.73 Å². The molecule has 0 saturated carbocycles. The third-order valence-electron chi connectivity index (χ3n) is 1.46. The zero-order valence-corrected chi connectivity index (χ0v) is 10.2. The lowest BCUT2D eigenvalue weighted by molar-refractivity contribution is 0.583. The van der Waals surface area contributed by atoms with Gasteiger partial charge < -0.3 is 5.73 Å². The summed E-state index contributed by atoms with van der Waals surface area (Å²) in [5, 5.41) is 0. The third-order valence-corrected chi connectivity index (χ3v) is 1.89. The highest BCUT2D eigenvalue weighted by atomic mass is 79.9. The van der Waals surface area contributed by atoms with Crippen molar-refractivity contribution in [3.05, 3.63) is 28.5 Å². The molecule has 0 aromatic carbocycles. The van der Waals surface area contributed by atoms with Crippen LogP contribution in [0.1, 0.15) is 26.3 Å². The van der Waals surface area contributed by atoms with E-state index < -0.39 is 0 Å². The first-order valence-electron chi connectivity index (χ1n) is 4.35. The molecule has 1 heterocycles. The van der Waals surface area contributed by atoms with E-state index in [2.05, 4.69) is 25.9 Å². The fourth-order valence-corrected chi connectivity index (χ4v) is 1.34. The molecule has 1 aromatic rings. The number of amidine groups is 1. The number of pyridine rings is 1. The van der Waals surface area contributed by atoms with Gasteiger partial charge in [-0.3, -0.25) is 9.98 Å². The molecule has 2 N–H and O–H groups in total. The summed E-state index contributed by atoms with van der Waals surface area (Å²) in [5.41, 5.74) is 6.52. The summed E-state index contributed by atoms with van der Waals surface area (Å²) in [5.74, 6) is 0.520. The zero-order chi connectivity index (χ0) is 10.8. The molecule has 0 unspecified atom stereocenters. The molecule has 0 fully saturated rings. The van der Waals surface area contributed by atoms with E-state index in [1.807, 2.05) is 26.8 Å². The van der Waals surface area contributed by atoms with Crippen molar-refractivity contribution >= 4 is 21.8 Å². The molecule has 0 spiro atoms. The van der Waals surface area contributed by atoms with Crippen LogP contribution in [0.25, 0.3) is 0 Å². The Hall–Kier alpha value is -0.900. The Morgan fingerprint density at radius 2 is 2.07 bits per heavy atom. The molecule has 0 atom stereocenters. The van der Waals surface area contributed by atoms with Gasteiger partial charge in [-0.15, -0.1) is 0 Å². The van der Waals surface area contributed by atoms with Crippen molar-refractivity contribution in [3.8, 4) is 0 Å². The van der Waals surface area contributed by atoms with Crippen molar-refractivity contribution in [2.75, 3.05) is 0 Å². The Morgan fingerprint density at radius 3 is 2.57 bits per heavy atom. The topological polar surface area (TPSA) is 51.3 Å². The van der Waals surface area contributed by atoms with E-state index in [1.165, 1.54) is 0 Å². The standard InChI is InChI=1S/C10H14BrN3/c1-10(2,3)14-9(12)7-4-8(11)6-13-5-7/h4-6H,1-3H3,(H2,12,14). The zero-order valence-electron chi connectivity index (χ0n) is 8.58. The van der Waals surface area contributed by atoms with E-state index in [0.29, 0.717) is 5.84 Å². The normalized spacial score (nSPS) is 13.0. The monoisotopic (exact) mass is 255 g/mol. The summed E-state index contributed by atoms with van der Waals surface area (Å²) < 4.78 is 0.905. The second kappa shape index (κ2) is 4.09. The van der Waals surface area contributed by atoms with Crippen LogP contribution in [0.5, 0.6) is 0 Å². The van der Waals surface area contributed by atoms with Gasteiger partial charge in [-0.05, 0) is 42.8 Å². The smallest absolute Gasteiger partial charge is 0.127 e. The molecule has 0 bridgehead atoms. The first-order valence-corrected chi connectivity index (χ1v) is 5.14. The van der Waals surface area contributed by atoms with E-state index in [9.17, 15) is 0 Å². The molecule has 0 aliphatic rings. The number of aromatic nitrogens is 1. The molecular weight excluding hydrogens is 242 g/mol. The number of nitrogens with zero attached hydrogens (tertiary/aromatic N) is 2. The lowest BCUT2D eigenvalue weighted by atomic mass is 10.1. The van der Waals surface area contributed by atoms with Crippen molar-refractivity contribution in [1.29, 1.82) is 0 Å². The number of hydrogen-bond acceptors (Lipinski definition) is 2. The minimum atomic E-state index is -0.160. The first kappa shape index (κ1) is 11.2. The molecule has 14 heavy (non-hydrogen) atoms. The van der Waals surface area contributed by atoms with Crippen molar-refractivity contribution in [1.82, 2.24) is 4.98 Å². The van der Waals surface area contributed by atoms with Crippen LogP contribution in [0.2, 0.25) is 0 Å². The van der Waals surface area contributed by atoms with Crippen LogP contribution in [-0.4, -0.2) is 16.4 Å². The van der Waals surface area contributed by atoms with E-state index in [-0.39, 0.29) is 5.54 Å². The highest BCUT2D eigenvalue weighted by molar-refractivity contribution is 9.10. The van der Waals surface area contributed by atoms with Gasteiger partial charge in [0.15, 0.2) is 0 Å². The molecule has 0 amide bonds. The number of nitrogens with two attached hydrogens (primary N) is 1. The highest BCUT2D eigenvalue weighted by Crippen LogP contribution is 2.12. The maximum absolute atomic E-state index is 5.84. The number of hydrogen-bond donors (Lipinski definition) is 1. The van der Waals surface area contributed by atoms with E-state index in [4.69, 9.17) is 5.73 Å². The molecule has 4 heteroatoms. The SMILES string of the molecule is CC(C)(C)N=C(N)c1cncc(Br)c1. The van der Waals surface area contributed by atoms with Gasteiger partial charge in [0.25, 0.3) is 0 Å². The minimum Gasteiger partial charge on any atom is -0.383 e. The van der Waals surface area contributed by atoms with Crippen molar-refractivity contribution in [3.63, 3.8) is 0 Å². The second-order valence-electron chi connectivity index (χ2n) is 4.06. The van der Waals surface area contributed by atoms with E-state index in [1.54, 1.807) is 12.4 Å². The van der Waals surface area contributed by atoms with Gasteiger partial charge in [-0.2, -0.15) is 0 Å². The van der Waals surface area contributed by atoms with Crippen LogP contribution in [0.15, 0.2) is 27.9 Å². The van der Waals surface area contributed by atoms with Crippen molar-refractivity contribution in [2.45, 2.75) is 26.3 Å². The largest absolute Gasteiger partial charge is 0.383 e. The Labute approximate surface area is 92.6 Å². The van der Waals surface area contributed by atoms with Crippen LogP contribution in [0.3, 0.4) is 0 Å². The van der Waals surface area contributed by atoms with Gasteiger partial charge >= 0.3 is 0 Å². The molecule has 0 aliphatic carbocycles. The van der Waals surface area contributed by atoms with Gasteiger partial charge in [0.05, 0.1) is 5.54 Å². The van der Waals surface area contributed by atoms with E-state index >= 15 is 0 Å². The molecule has 0 aliphatic heterocycles. The predicted molar refractivity (Wildman–Crippen MR) is 62.4 cm³/mol. The quantitative estimate of drug-likeness (QED) is 0.619. The first-order chi connectivity index (χ1) is 6.38. The lowest BCUT2D eigenvalue weighted by Gasteiger charge is -2.13. The average Bonchev–Trinajstić information content (AvgIpc) is 2.01. The second-order valence-corrected chi connectivity index (χ2v) is 4.98. The fourth-order valence-electron chi connectivity index (χ4n) is 0.978. The summed E-state index contributed by atoms with van der Waals surface area (Å²) >= 11 is 3.34. The van der Waals surface area contributed by atoms with Crippen LogP contribution in [-0.2, 0) is 0 Å². The Bertz CT molecular complexity index is 353. The van der Waals surface area contributed by atoms with Crippen LogP contribution >= 0.6 is 15.9 Å². The third kappa shape index (κ3) is 3.46. The highest BCUT2D eigenvalue weighted by Gasteiger charge is 2.09.